The summed E-state index contributed by atoms with van der Waals surface area (Å²) >= 11 is 0. The Bertz CT molecular complexity index is 856. The smallest absolute Gasteiger partial charge is 0.260 e. The van der Waals surface area contributed by atoms with Gasteiger partial charge in [-0.25, -0.2) is 0 Å². The second-order valence-corrected chi connectivity index (χ2v) is 7.63. The van der Waals surface area contributed by atoms with Crippen molar-refractivity contribution in [3.05, 3.63) is 54.1 Å². The Balaban J connectivity index is 1.57. The minimum atomic E-state index is -0.235. The summed E-state index contributed by atoms with van der Waals surface area (Å²) in [5.74, 6) is 0.963. The normalized spacial score (nSPS) is 18.6. The van der Waals surface area contributed by atoms with E-state index >= 15 is 0 Å². The molecular weight excluding hydrogens is 380 g/mol. The molecule has 6 heteroatoms. The first-order chi connectivity index (χ1) is 14.5. The van der Waals surface area contributed by atoms with Gasteiger partial charge in [-0.05, 0) is 76.4 Å². The highest BCUT2D eigenvalue weighted by Gasteiger charge is 2.28. The lowest BCUT2D eigenvalue weighted by atomic mass is 9.97. The Morgan fingerprint density at radius 2 is 1.67 bits per heavy atom. The van der Waals surface area contributed by atoms with Crippen molar-refractivity contribution in [2.45, 2.75) is 52.1 Å². The summed E-state index contributed by atoms with van der Waals surface area (Å²) in [7, 11) is 0. The van der Waals surface area contributed by atoms with Gasteiger partial charge < -0.3 is 19.7 Å². The fourth-order valence-electron chi connectivity index (χ4n) is 3.88. The van der Waals surface area contributed by atoms with Crippen LogP contribution in [0, 0.1) is 0 Å². The van der Waals surface area contributed by atoms with Crippen LogP contribution in [0.15, 0.2) is 48.5 Å². The topological polar surface area (TPSA) is 67.9 Å². The number of hydrogen-bond acceptors (Lipinski definition) is 4. The number of carbonyl (C=O) groups excluding carboxylic acids is 2. The molecule has 1 heterocycles. The fourth-order valence-corrected chi connectivity index (χ4v) is 3.88. The number of amides is 2. The minimum absolute atomic E-state index is 0.00194. The van der Waals surface area contributed by atoms with Crippen molar-refractivity contribution in [3.63, 3.8) is 0 Å². The zero-order chi connectivity index (χ0) is 21.5. The van der Waals surface area contributed by atoms with E-state index < -0.39 is 0 Å². The lowest BCUT2D eigenvalue weighted by molar-refractivity contribution is -0.139. The predicted molar refractivity (Wildman–Crippen MR) is 117 cm³/mol. The van der Waals surface area contributed by atoms with E-state index in [2.05, 4.69) is 19.2 Å². The maximum Gasteiger partial charge on any atom is 0.260 e. The maximum absolute atomic E-state index is 12.6. The molecule has 0 saturated carbocycles. The van der Waals surface area contributed by atoms with E-state index in [1.165, 1.54) is 0 Å². The van der Waals surface area contributed by atoms with E-state index in [1.54, 1.807) is 30.3 Å². The Morgan fingerprint density at radius 3 is 2.33 bits per heavy atom. The lowest BCUT2D eigenvalue weighted by Crippen LogP contribution is -2.49. The quantitative estimate of drug-likeness (QED) is 0.729. The van der Waals surface area contributed by atoms with Crippen LogP contribution in [0.2, 0.25) is 0 Å². The summed E-state index contributed by atoms with van der Waals surface area (Å²) in [6.45, 7) is 6.60. The van der Waals surface area contributed by atoms with E-state index in [4.69, 9.17) is 9.47 Å². The monoisotopic (exact) mass is 410 g/mol. The van der Waals surface area contributed by atoms with Gasteiger partial charge in [0, 0.05) is 17.6 Å². The molecule has 6 nitrogen and oxygen atoms in total. The summed E-state index contributed by atoms with van der Waals surface area (Å²) in [6.07, 6.45) is 3.23. The van der Waals surface area contributed by atoms with Crippen LogP contribution in [0.1, 0.15) is 50.4 Å². The van der Waals surface area contributed by atoms with Crippen molar-refractivity contribution in [3.8, 4) is 11.5 Å². The fraction of sp³-hybridized carbons (Fsp3) is 0.417. The Labute approximate surface area is 178 Å². The highest BCUT2D eigenvalue weighted by atomic mass is 16.5. The largest absolute Gasteiger partial charge is 0.492 e. The van der Waals surface area contributed by atoms with Gasteiger partial charge in [0.15, 0.2) is 6.61 Å². The highest BCUT2D eigenvalue weighted by molar-refractivity contribution is 6.05. The molecule has 1 saturated heterocycles. The molecule has 0 aliphatic carbocycles. The third kappa shape index (κ3) is 5.32. The van der Waals surface area contributed by atoms with Gasteiger partial charge in [-0.1, -0.05) is 12.1 Å². The van der Waals surface area contributed by atoms with E-state index in [-0.39, 0.29) is 30.5 Å². The molecule has 1 N–H and O–H groups in total. The molecule has 1 aliphatic heterocycles. The van der Waals surface area contributed by atoms with Gasteiger partial charge in [-0.2, -0.15) is 0 Å². The molecule has 2 aromatic rings. The van der Waals surface area contributed by atoms with Crippen molar-refractivity contribution in [1.29, 1.82) is 0 Å². The second-order valence-electron chi connectivity index (χ2n) is 7.63. The van der Waals surface area contributed by atoms with Crippen LogP contribution in [0.25, 0.3) is 0 Å². The van der Waals surface area contributed by atoms with Crippen molar-refractivity contribution < 1.29 is 19.1 Å². The molecule has 160 valence electrons. The van der Waals surface area contributed by atoms with E-state index in [9.17, 15) is 9.59 Å². The number of rotatable bonds is 7. The molecule has 2 atom stereocenters. The molecule has 1 aliphatic rings. The molecule has 0 bridgehead atoms. The Kier molecular flexibility index (Phi) is 7.33. The number of ether oxygens (including phenoxy) is 2. The average molecular weight is 411 g/mol. The molecule has 30 heavy (non-hydrogen) atoms. The first-order valence-electron chi connectivity index (χ1n) is 10.6. The van der Waals surface area contributed by atoms with E-state index in [0.717, 1.165) is 19.3 Å². The summed E-state index contributed by atoms with van der Waals surface area (Å²) in [5.41, 5.74) is 1.12. The zero-order valence-electron chi connectivity index (χ0n) is 17.9. The van der Waals surface area contributed by atoms with Crippen LogP contribution >= 0.6 is 0 Å². The summed E-state index contributed by atoms with van der Waals surface area (Å²) < 4.78 is 11.2. The van der Waals surface area contributed by atoms with Crippen molar-refractivity contribution >= 4 is 17.5 Å². The van der Waals surface area contributed by atoms with E-state index in [1.807, 2.05) is 30.0 Å². The van der Waals surface area contributed by atoms with E-state index in [0.29, 0.717) is 29.4 Å². The lowest BCUT2D eigenvalue weighted by Gasteiger charge is -2.38. The second kappa shape index (κ2) is 10.1. The number of carbonyl (C=O) groups is 2. The number of para-hydroxylation sites is 2. The number of likely N-dealkylation sites (tertiary alicyclic amines) is 1. The number of hydrogen-bond donors (Lipinski definition) is 1. The van der Waals surface area contributed by atoms with Crippen LogP contribution in [0.3, 0.4) is 0 Å². The molecule has 1 fully saturated rings. The number of nitrogens with zero attached hydrogens (tertiary/aromatic N) is 1. The van der Waals surface area contributed by atoms with Crippen LogP contribution in [-0.2, 0) is 4.79 Å². The maximum atomic E-state index is 12.6. The first-order valence-corrected chi connectivity index (χ1v) is 10.6. The van der Waals surface area contributed by atoms with Crippen molar-refractivity contribution in [1.82, 2.24) is 4.90 Å². The summed E-state index contributed by atoms with van der Waals surface area (Å²) in [5, 5.41) is 2.87. The number of nitrogens with one attached hydrogen (secondary N) is 1. The molecule has 0 spiro atoms. The zero-order valence-corrected chi connectivity index (χ0v) is 17.9. The molecule has 3 rings (SSSR count). The van der Waals surface area contributed by atoms with Gasteiger partial charge in [-0.15, -0.1) is 0 Å². The van der Waals surface area contributed by atoms with Crippen molar-refractivity contribution in [2.75, 3.05) is 18.5 Å². The highest BCUT2D eigenvalue weighted by Crippen LogP contribution is 2.25. The molecule has 0 radical (unpaired) electrons. The molecular formula is C24H30N2O4. The molecule has 2 aromatic carbocycles. The van der Waals surface area contributed by atoms with Crippen LogP contribution in [-0.4, -0.2) is 42.0 Å². The minimum Gasteiger partial charge on any atom is -0.492 e. The summed E-state index contributed by atoms with van der Waals surface area (Å²) in [4.78, 5) is 27.1. The molecule has 0 aromatic heterocycles. The molecule has 2 amide bonds. The number of benzene rings is 2. The predicted octanol–water partition coefficient (Wildman–Crippen LogP) is 4.51. The molecule has 0 unspecified atom stereocenters. The third-order valence-electron chi connectivity index (χ3n) is 5.40. The van der Waals surface area contributed by atoms with Gasteiger partial charge in [0.2, 0.25) is 0 Å². The van der Waals surface area contributed by atoms with Crippen LogP contribution in [0.4, 0.5) is 5.69 Å². The SMILES string of the molecule is CCOc1ccccc1NC(=O)c1ccc(OCC(=O)N2[C@H](C)CCC[C@@H]2C)cc1. The van der Waals surface area contributed by atoms with Gasteiger partial charge >= 0.3 is 0 Å². The summed E-state index contributed by atoms with van der Waals surface area (Å²) in [6, 6.07) is 14.6. The van der Waals surface area contributed by atoms with Gasteiger partial charge in [0.05, 0.1) is 12.3 Å². The standard InChI is InChI=1S/C24H30N2O4/c1-4-29-22-11-6-5-10-21(22)25-24(28)19-12-14-20(15-13-19)30-16-23(27)26-17(2)8-7-9-18(26)3/h5-6,10-15,17-18H,4,7-9,16H2,1-3H3,(H,25,28)/t17-,18+. The number of piperidine rings is 1. The van der Waals surface area contributed by atoms with Crippen molar-refractivity contribution in [2.24, 2.45) is 0 Å². The number of anilines is 1. The van der Waals surface area contributed by atoms with Crippen LogP contribution < -0.4 is 14.8 Å². The van der Waals surface area contributed by atoms with Gasteiger partial charge in [-0.3, -0.25) is 9.59 Å². The third-order valence-corrected chi connectivity index (χ3v) is 5.40. The van der Waals surface area contributed by atoms with Gasteiger partial charge in [0.1, 0.15) is 11.5 Å². The Morgan fingerprint density at radius 1 is 1.00 bits per heavy atom. The average Bonchev–Trinajstić information content (AvgIpc) is 2.74. The van der Waals surface area contributed by atoms with Gasteiger partial charge in [0.25, 0.3) is 11.8 Å². The van der Waals surface area contributed by atoms with Crippen LogP contribution in [0.5, 0.6) is 11.5 Å². The first kappa shape index (κ1) is 21.7. The Hall–Kier alpha value is -3.02.